The number of pyridine rings is 1. The number of hydrogen-bond donors (Lipinski definition) is 0. The summed E-state index contributed by atoms with van der Waals surface area (Å²) in [4.78, 5) is 19.6. The molecule has 2 aromatic heterocycles. The first kappa shape index (κ1) is 10.5. The molecular weight excluding hydrogens is 232 g/mol. The molecule has 0 saturated heterocycles. The quantitative estimate of drug-likeness (QED) is 0.508. The van der Waals surface area contributed by atoms with E-state index in [1.807, 2.05) is 0 Å². The van der Waals surface area contributed by atoms with Crippen molar-refractivity contribution in [3.05, 3.63) is 54.7 Å². The van der Waals surface area contributed by atoms with Crippen LogP contribution in [0, 0.1) is 0 Å². The molecule has 2 heterocycles. The largest absolute Gasteiger partial charge is 0.443 e. The third-order valence-corrected chi connectivity index (χ3v) is 2.43. The highest BCUT2D eigenvalue weighted by Gasteiger charge is 2.09. The van der Waals surface area contributed by atoms with E-state index in [1.54, 1.807) is 30.3 Å². The Morgan fingerprint density at radius 1 is 1.17 bits per heavy atom. The van der Waals surface area contributed by atoms with Crippen molar-refractivity contribution in [3.8, 4) is 5.75 Å². The number of oxazole rings is 1. The van der Waals surface area contributed by atoms with Gasteiger partial charge in [0, 0.05) is 18.5 Å². The standard InChI is InChI=1S/C13H8N2O3/c16-13(9-3-5-14-6-4-9)18-10-1-2-12-11(7-10)15-8-17-12/h1-8H. The van der Waals surface area contributed by atoms with Crippen LogP contribution in [0.5, 0.6) is 5.75 Å². The molecule has 0 atom stereocenters. The molecular formula is C13H8N2O3. The summed E-state index contributed by atoms with van der Waals surface area (Å²) in [6.07, 6.45) is 4.42. The fraction of sp³-hybridized carbons (Fsp3) is 0. The van der Waals surface area contributed by atoms with Gasteiger partial charge in [-0.25, -0.2) is 9.78 Å². The van der Waals surface area contributed by atoms with Crippen molar-refractivity contribution in [2.45, 2.75) is 0 Å². The number of fused-ring (bicyclic) bond motifs is 1. The third kappa shape index (κ3) is 1.93. The number of benzene rings is 1. The van der Waals surface area contributed by atoms with Gasteiger partial charge >= 0.3 is 5.97 Å². The zero-order chi connectivity index (χ0) is 12.4. The Hall–Kier alpha value is -2.69. The first-order chi connectivity index (χ1) is 8.83. The van der Waals surface area contributed by atoms with E-state index >= 15 is 0 Å². The van der Waals surface area contributed by atoms with Gasteiger partial charge in [-0.2, -0.15) is 0 Å². The molecule has 0 unspecified atom stereocenters. The molecule has 0 N–H and O–H groups in total. The second kappa shape index (κ2) is 4.29. The molecule has 0 amide bonds. The normalized spacial score (nSPS) is 10.4. The Bertz CT molecular complexity index is 692. The lowest BCUT2D eigenvalue weighted by atomic mass is 10.2. The van der Waals surface area contributed by atoms with Gasteiger partial charge in [0.2, 0.25) is 0 Å². The molecule has 5 nitrogen and oxygen atoms in total. The number of aromatic nitrogens is 2. The Morgan fingerprint density at radius 2 is 2.00 bits per heavy atom. The highest BCUT2D eigenvalue weighted by molar-refractivity contribution is 5.91. The molecule has 1 aromatic carbocycles. The summed E-state index contributed by atoms with van der Waals surface area (Å²) >= 11 is 0. The summed E-state index contributed by atoms with van der Waals surface area (Å²) in [5, 5.41) is 0. The number of esters is 1. The molecule has 0 aliphatic carbocycles. The Morgan fingerprint density at radius 3 is 2.83 bits per heavy atom. The maximum atomic E-state index is 11.8. The van der Waals surface area contributed by atoms with Crippen LogP contribution in [0.15, 0.2) is 53.5 Å². The van der Waals surface area contributed by atoms with Crippen LogP contribution in [-0.4, -0.2) is 15.9 Å². The van der Waals surface area contributed by atoms with Crippen molar-refractivity contribution < 1.29 is 13.9 Å². The van der Waals surface area contributed by atoms with Crippen molar-refractivity contribution in [1.29, 1.82) is 0 Å². The fourth-order valence-corrected chi connectivity index (χ4v) is 1.56. The minimum atomic E-state index is -0.430. The van der Waals surface area contributed by atoms with Crippen LogP contribution >= 0.6 is 0 Å². The van der Waals surface area contributed by atoms with Gasteiger partial charge in [0.1, 0.15) is 11.3 Å². The van der Waals surface area contributed by atoms with E-state index in [4.69, 9.17) is 9.15 Å². The van der Waals surface area contributed by atoms with E-state index in [0.717, 1.165) is 0 Å². The average Bonchev–Trinajstić information content (AvgIpc) is 2.87. The molecule has 0 aliphatic rings. The first-order valence-corrected chi connectivity index (χ1v) is 5.28. The number of carbonyl (C=O) groups excluding carboxylic acids is 1. The summed E-state index contributed by atoms with van der Waals surface area (Å²) in [7, 11) is 0. The van der Waals surface area contributed by atoms with Gasteiger partial charge in [0.05, 0.1) is 5.56 Å². The number of hydrogen-bond acceptors (Lipinski definition) is 5. The van der Waals surface area contributed by atoms with Gasteiger partial charge in [0.25, 0.3) is 0 Å². The molecule has 3 aromatic rings. The lowest BCUT2D eigenvalue weighted by Crippen LogP contribution is -2.08. The Kier molecular flexibility index (Phi) is 2.49. The summed E-state index contributed by atoms with van der Waals surface area (Å²) in [6, 6.07) is 8.20. The van der Waals surface area contributed by atoms with E-state index < -0.39 is 5.97 Å². The molecule has 0 saturated carbocycles. The van der Waals surface area contributed by atoms with Crippen LogP contribution in [0.2, 0.25) is 0 Å². The van der Waals surface area contributed by atoms with Crippen LogP contribution in [0.1, 0.15) is 10.4 Å². The Labute approximate surface area is 102 Å². The zero-order valence-electron chi connectivity index (χ0n) is 9.24. The van der Waals surface area contributed by atoms with Gasteiger partial charge in [-0.05, 0) is 24.3 Å². The molecule has 88 valence electrons. The maximum absolute atomic E-state index is 11.8. The van der Waals surface area contributed by atoms with E-state index in [1.165, 1.54) is 18.8 Å². The number of ether oxygens (including phenoxy) is 1. The van der Waals surface area contributed by atoms with Crippen LogP contribution in [0.3, 0.4) is 0 Å². The van der Waals surface area contributed by atoms with Gasteiger partial charge in [-0.1, -0.05) is 0 Å². The first-order valence-electron chi connectivity index (χ1n) is 5.28. The molecule has 0 aliphatic heterocycles. The second-order valence-corrected chi connectivity index (χ2v) is 3.61. The molecule has 18 heavy (non-hydrogen) atoms. The summed E-state index contributed by atoms with van der Waals surface area (Å²) in [5.74, 6) is -0.00143. The average molecular weight is 240 g/mol. The van der Waals surface area contributed by atoms with Crippen molar-refractivity contribution in [2.75, 3.05) is 0 Å². The number of carbonyl (C=O) groups is 1. The SMILES string of the molecule is O=C(Oc1ccc2ocnc2c1)c1ccncc1. The molecule has 0 radical (unpaired) electrons. The van der Waals surface area contributed by atoms with E-state index in [-0.39, 0.29) is 0 Å². The minimum absolute atomic E-state index is 0.429. The minimum Gasteiger partial charge on any atom is -0.443 e. The van der Waals surface area contributed by atoms with Gasteiger partial charge in [-0.15, -0.1) is 0 Å². The zero-order valence-corrected chi connectivity index (χ0v) is 9.24. The topological polar surface area (TPSA) is 65.2 Å². The molecule has 5 heteroatoms. The summed E-state index contributed by atoms with van der Waals surface area (Å²) < 4.78 is 10.3. The van der Waals surface area contributed by atoms with E-state index in [2.05, 4.69) is 9.97 Å². The fourth-order valence-electron chi connectivity index (χ4n) is 1.56. The van der Waals surface area contributed by atoms with Crippen LogP contribution < -0.4 is 4.74 Å². The monoisotopic (exact) mass is 240 g/mol. The highest BCUT2D eigenvalue weighted by atomic mass is 16.5. The molecule has 0 bridgehead atoms. The van der Waals surface area contributed by atoms with E-state index in [9.17, 15) is 4.79 Å². The lowest BCUT2D eigenvalue weighted by molar-refractivity contribution is 0.0735. The summed E-state index contributed by atoms with van der Waals surface area (Å²) in [5.41, 5.74) is 1.75. The predicted octanol–water partition coefficient (Wildman–Crippen LogP) is 2.44. The highest BCUT2D eigenvalue weighted by Crippen LogP contribution is 2.20. The van der Waals surface area contributed by atoms with Gasteiger partial charge in [0.15, 0.2) is 12.0 Å². The van der Waals surface area contributed by atoms with Crippen LogP contribution in [0.25, 0.3) is 11.1 Å². The van der Waals surface area contributed by atoms with Crippen molar-refractivity contribution in [3.63, 3.8) is 0 Å². The van der Waals surface area contributed by atoms with Gasteiger partial charge in [-0.3, -0.25) is 4.98 Å². The predicted molar refractivity (Wildman–Crippen MR) is 63.2 cm³/mol. The lowest BCUT2D eigenvalue weighted by Gasteiger charge is -2.03. The third-order valence-electron chi connectivity index (χ3n) is 2.43. The molecule has 0 spiro atoms. The van der Waals surface area contributed by atoms with Crippen molar-refractivity contribution >= 4 is 17.1 Å². The van der Waals surface area contributed by atoms with Crippen LogP contribution in [0.4, 0.5) is 0 Å². The second-order valence-electron chi connectivity index (χ2n) is 3.61. The molecule has 0 fully saturated rings. The smallest absolute Gasteiger partial charge is 0.343 e. The number of rotatable bonds is 2. The Balaban J connectivity index is 1.86. The van der Waals surface area contributed by atoms with Gasteiger partial charge < -0.3 is 9.15 Å². The maximum Gasteiger partial charge on any atom is 0.343 e. The van der Waals surface area contributed by atoms with E-state index in [0.29, 0.717) is 22.4 Å². The van der Waals surface area contributed by atoms with Crippen molar-refractivity contribution in [2.24, 2.45) is 0 Å². The summed E-state index contributed by atoms with van der Waals surface area (Å²) in [6.45, 7) is 0. The van der Waals surface area contributed by atoms with Crippen molar-refractivity contribution in [1.82, 2.24) is 9.97 Å². The van der Waals surface area contributed by atoms with Crippen LogP contribution in [-0.2, 0) is 0 Å². The number of nitrogens with zero attached hydrogens (tertiary/aromatic N) is 2. The molecule has 3 rings (SSSR count).